The number of nitrogens with one attached hydrogen (secondary N) is 2. The van der Waals surface area contributed by atoms with Gasteiger partial charge in [0.25, 0.3) is 22.7 Å². The van der Waals surface area contributed by atoms with Crippen LogP contribution < -0.4 is 44.9 Å². The van der Waals surface area contributed by atoms with Gasteiger partial charge < -0.3 is 61.3 Å². The number of nitro groups is 4. The molecule has 745 valence electrons. The Hall–Kier alpha value is -9.93. The molecule has 0 bridgehead atoms. The Bertz CT molecular complexity index is 3780. The second-order valence-corrected chi connectivity index (χ2v) is 34.8. The van der Waals surface area contributed by atoms with Crippen LogP contribution in [0.3, 0.4) is 0 Å². The largest absolute Gasteiger partial charge is 1.00 e. The van der Waals surface area contributed by atoms with E-state index in [2.05, 4.69) is 40.0 Å². The first-order chi connectivity index (χ1) is 61.8. The van der Waals surface area contributed by atoms with Crippen LogP contribution in [0.5, 0.6) is 5.75 Å². The van der Waals surface area contributed by atoms with Crippen molar-refractivity contribution in [2.24, 2.45) is 0 Å². The number of aliphatic hydroxyl groups excluding tert-OH is 1. The Morgan fingerprint density at radius 2 is 0.530 bits per heavy atom. The number of carbonyl (C=O) groups excluding carboxylic acids is 4. The number of hydrogen-bond donors (Lipinski definition) is 7. The van der Waals surface area contributed by atoms with E-state index in [-0.39, 0.29) is 150 Å². The van der Waals surface area contributed by atoms with Gasteiger partial charge >= 0.3 is 77.3 Å². The van der Waals surface area contributed by atoms with Crippen LogP contribution >= 0.6 is 0 Å². The topological polar surface area (TPSA) is 537 Å². The summed E-state index contributed by atoms with van der Waals surface area (Å²) in [7, 11) is 1.52. The van der Waals surface area contributed by atoms with E-state index in [0.29, 0.717) is 124 Å². The van der Waals surface area contributed by atoms with Gasteiger partial charge in [-0.15, -0.1) is 0 Å². The van der Waals surface area contributed by atoms with Gasteiger partial charge in [-0.1, -0.05) is 43.3 Å². The summed E-state index contributed by atoms with van der Waals surface area (Å²) >= 11 is 0. The van der Waals surface area contributed by atoms with Crippen LogP contribution in [0.2, 0.25) is 0 Å². The first kappa shape index (κ1) is 126. The Morgan fingerprint density at radius 3 is 0.694 bits per heavy atom. The second-order valence-electron chi connectivity index (χ2n) is 34.8. The maximum atomic E-state index is 12.1. The van der Waals surface area contributed by atoms with E-state index in [1.807, 2.05) is 90.0 Å². The van der Waals surface area contributed by atoms with Gasteiger partial charge in [0.05, 0.1) is 85.2 Å². The van der Waals surface area contributed by atoms with Crippen LogP contribution in [0, 0.1) is 51.8 Å². The van der Waals surface area contributed by atoms with Crippen molar-refractivity contribution >= 4 is 78.9 Å². The van der Waals surface area contributed by atoms with Crippen molar-refractivity contribution in [2.75, 3.05) is 223 Å². The van der Waals surface area contributed by atoms with E-state index in [4.69, 9.17) is 54.5 Å². The Morgan fingerprint density at radius 1 is 0.358 bits per heavy atom. The Balaban J connectivity index is -0.00000156. The summed E-state index contributed by atoms with van der Waals surface area (Å²) in [5.74, 6) is -3.91. The van der Waals surface area contributed by atoms with Crippen LogP contribution in [0.4, 0.5) is 22.7 Å². The molecule has 0 amide bonds. The number of nitro benzene ring substituents is 4. The molecule has 0 spiro atoms. The number of carbonyl (C=O) groups is 8. The van der Waals surface area contributed by atoms with Gasteiger partial charge in [0, 0.05) is 241 Å². The summed E-state index contributed by atoms with van der Waals surface area (Å²) in [5.41, 5.74) is 1.34. The van der Waals surface area contributed by atoms with Gasteiger partial charge in [-0.3, -0.25) is 128 Å². The minimum atomic E-state index is -0.916. The van der Waals surface area contributed by atoms with E-state index < -0.39 is 61.1 Å². The minimum Gasteiger partial charge on any atom is -1.00 e. The van der Waals surface area contributed by atoms with Gasteiger partial charge in [-0.2, -0.15) is 5.26 Å². The van der Waals surface area contributed by atoms with E-state index in [1.165, 1.54) is 62.6 Å². The molecule has 4 heterocycles. The minimum absolute atomic E-state index is 0. The molecule has 4 aliphatic heterocycles. The van der Waals surface area contributed by atoms with Crippen molar-refractivity contribution in [1.29, 1.82) is 5.26 Å². The van der Waals surface area contributed by atoms with E-state index in [0.717, 1.165) is 75.5 Å². The Labute approximate surface area is 812 Å². The van der Waals surface area contributed by atoms with Gasteiger partial charge in [-0.05, 0) is 125 Å². The van der Waals surface area contributed by atoms with Crippen LogP contribution in [0.1, 0.15) is 122 Å². The normalized spacial score (nSPS) is 15.9. The van der Waals surface area contributed by atoms with E-state index in [1.54, 1.807) is 81.1 Å². The summed E-state index contributed by atoms with van der Waals surface area (Å²) in [4.78, 5) is 152. The summed E-state index contributed by atoms with van der Waals surface area (Å²) in [5, 5.41) is 99.7. The number of ether oxygens (including phenoxy) is 5. The molecule has 0 saturated carbocycles. The number of nitriles is 1. The molecule has 4 aromatic rings. The molecule has 4 fully saturated rings. The summed E-state index contributed by atoms with van der Waals surface area (Å²) in [6, 6.07) is 26.9. The van der Waals surface area contributed by atoms with Crippen molar-refractivity contribution in [3.05, 3.63) is 154 Å². The number of methoxy groups -OCH3 is 1. The first-order valence-corrected chi connectivity index (χ1v) is 43.7. The Kier molecular flexibility index (Phi) is 64.1. The van der Waals surface area contributed by atoms with Crippen LogP contribution in [-0.2, 0) is 76.8 Å². The van der Waals surface area contributed by atoms with Gasteiger partial charge in [0.15, 0.2) is 0 Å². The van der Waals surface area contributed by atoms with Crippen molar-refractivity contribution in [3.8, 4) is 11.8 Å². The summed E-state index contributed by atoms with van der Waals surface area (Å²) < 4.78 is 26.4. The molecule has 0 unspecified atom stereocenters. The molecular formula is C89H144BN17NaO26. The quantitative estimate of drug-likeness (QED) is 0.0156. The fourth-order valence-electron chi connectivity index (χ4n) is 12.7. The monoisotopic (exact) mass is 1900 g/mol. The number of nitrogens with zero attached hydrogens (tertiary/aromatic N) is 15. The van der Waals surface area contributed by atoms with Crippen LogP contribution in [-0.4, -0.2) is 396 Å². The number of aliphatic carboxylic acids is 4. The molecule has 3 radical (unpaired) electrons. The number of hydrogen-bond acceptors (Lipinski definition) is 35. The fourth-order valence-corrected chi connectivity index (χ4v) is 12.7. The second kappa shape index (κ2) is 68.1. The molecule has 45 heteroatoms. The van der Waals surface area contributed by atoms with E-state index >= 15 is 0 Å². The van der Waals surface area contributed by atoms with Gasteiger partial charge in [0.2, 0.25) is 0 Å². The predicted molar refractivity (Wildman–Crippen MR) is 501 cm³/mol. The van der Waals surface area contributed by atoms with Crippen LogP contribution in [0.25, 0.3) is 0 Å². The average Bonchev–Trinajstić information content (AvgIpc) is 1.84. The molecule has 0 atom stereocenters. The zero-order chi connectivity index (χ0) is 99.7. The molecule has 43 nitrogen and oxygen atoms in total. The van der Waals surface area contributed by atoms with Crippen molar-refractivity contribution in [3.63, 3.8) is 0 Å². The smallest absolute Gasteiger partial charge is 1.00 e. The number of aryl methyl sites for hydroxylation is 1. The summed E-state index contributed by atoms with van der Waals surface area (Å²) in [6.45, 7) is 45.5. The first-order valence-electron chi connectivity index (χ1n) is 43.7. The molecule has 4 aliphatic rings. The average molecular weight is 1900 g/mol. The van der Waals surface area contributed by atoms with Crippen molar-refractivity contribution in [1.82, 2.24) is 59.6 Å². The SMILES string of the molecule is CC#N.CC(C)(C)OC(=O)CN1CCNCCN(CC(=O)OC(C)(C)C)CC1.CC(C)(C)OC(=O)CN1CCNCCN(CC(=O)OC(C)(C)C)CC1.CCO.CCc1ccc([N+](=O)[O-])cc1.COc1ccc([N+](=O)[O-])cc1.O=C(O)CN1CCN(CC(=O)O)CCN(Cc2ccc([N+](=O)[O-])cc2)CC1.O=C(O)CN1CCN(CC(=O)O)CCN(Cc2ccc([N+](=O)[O-])cc2)CC1.[B].[H-].[Na+]. The van der Waals surface area contributed by atoms with Gasteiger partial charge in [-0.25, -0.2) is 0 Å². The number of non-ortho nitro benzene ring substituents is 4. The maximum absolute atomic E-state index is 12.1. The molecule has 7 N–H and O–H groups in total. The molecule has 0 aliphatic carbocycles. The third-order valence-corrected chi connectivity index (χ3v) is 18.8. The van der Waals surface area contributed by atoms with Gasteiger partial charge in [0.1, 0.15) is 28.2 Å². The third-order valence-electron chi connectivity index (χ3n) is 18.8. The van der Waals surface area contributed by atoms with Crippen molar-refractivity contribution < 1.29 is 138 Å². The molecule has 0 aromatic heterocycles. The zero-order valence-electron chi connectivity index (χ0n) is 82.3. The number of benzene rings is 4. The molecule has 4 aromatic carbocycles. The van der Waals surface area contributed by atoms with E-state index in [9.17, 15) is 78.8 Å². The summed E-state index contributed by atoms with van der Waals surface area (Å²) in [6.07, 6.45) is 0.915. The third kappa shape index (κ3) is 64.9. The number of carboxylic acids is 4. The number of aliphatic hydroxyl groups is 1. The number of carboxylic acid groups (broad SMARTS) is 4. The molecule has 8 rings (SSSR count). The number of esters is 4. The molecular weight excluding hydrogens is 1760 g/mol. The molecule has 4 saturated heterocycles. The number of rotatable bonds is 26. The maximum Gasteiger partial charge on any atom is 1.00 e. The molecule has 134 heavy (non-hydrogen) atoms. The fraction of sp³-hybridized carbons (Fsp3) is 0.629. The zero-order valence-corrected chi connectivity index (χ0v) is 83.3. The standard InChI is InChI=1S/2C18H35N3O4.2C17H24N4O6.C8H9NO2.C7H7NO3.C2H3N.C2H6O.B.Na.H/c2*1-17(2,3)24-15(22)13-20-9-7-19-8-10-21(12-11-20)14-16(23)25-18(4,5)6;2*22-16(23)12-19-7-5-18(6-8-20(10-9-19)13-17(24)25)11-14-1-3-15(4-2-14)21(26)27;1-2-7-3-5-8(6-4-7)9(10)11;1-11-7-4-2-6(3-5-7)8(9)10;2*1-2-3;;;/h2*19H,7-14H2,1-6H3;2*1-4H,5-13H2,(H,22,23)(H,24,25);3-6H,2H2,1H3;2-5H,1H3;1H3;3H,2H2,1H3;;;/q;;;;;;;;;+1;-1. The predicted octanol–water partition coefficient (Wildman–Crippen LogP) is 3.15. The van der Waals surface area contributed by atoms with Crippen molar-refractivity contribution in [2.45, 2.75) is 146 Å². The van der Waals surface area contributed by atoms with Crippen LogP contribution in [0.15, 0.2) is 97.1 Å².